The third-order valence-corrected chi connectivity index (χ3v) is 2.81. The highest BCUT2D eigenvalue weighted by Gasteiger charge is 2.03. The Morgan fingerprint density at radius 1 is 1.23 bits per heavy atom. The van der Waals surface area contributed by atoms with Crippen molar-refractivity contribution in [3.8, 4) is 11.4 Å². The van der Waals surface area contributed by atoms with Crippen LogP contribution in [-0.2, 0) is 4.79 Å². The van der Waals surface area contributed by atoms with Crippen LogP contribution in [0.25, 0.3) is 11.8 Å². The standard InChI is InChI=1S/C15H12N4O3/c1-11-2-5-13(21-11)8-9-15(20)22-14-6-3-12(4-7-14)19-10-16-17-18-19/h2-10H,1H3/b9-8+. The normalized spacial score (nSPS) is 11.0. The molecule has 1 aromatic carbocycles. The molecule has 0 unspecified atom stereocenters. The van der Waals surface area contributed by atoms with Crippen LogP contribution in [0.15, 0.2) is 53.2 Å². The van der Waals surface area contributed by atoms with Crippen molar-refractivity contribution in [2.75, 3.05) is 0 Å². The molecule has 0 radical (unpaired) electrons. The summed E-state index contributed by atoms with van der Waals surface area (Å²) in [5, 5.41) is 10.9. The smallest absolute Gasteiger partial charge is 0.336 e. The zero-order valence-corrected chi connectivity index (χ0v) is 11.7. The Kier molecular flexibility index (Phi) is 3.78. The minimum Gasteiger partial charge on any atom is -0.462 e. The number of hydrogen-bond acceptors (Lipinski definition) is 6. The fraction of sp³-hybridized carbons (Fsp3) is 0.0667. The maximum Gasteiger partial charge on any atom is 0.336 e. The summed E-state index contributed by atoms with van der Waals surface area (Å²) in [7, 11) is 0. The van der Waals surface area contributed by atoms with Gasteiger partial charge in [0.1, 0.15) is 23.6 Å². The van der Waals surface area contributed by atoms with Crippen molar-refractivity contribution in [3.05, 3.63) is 60.3 Å². The molecule has 0 aliphatic carbocycles. The number of ether oxygens (including phenoxy) is 1. The van der Waals surface area contributed by atoms with Crippen molar-refractivity contribution in [2.24, 2.45) is 0 Å². The summed E-state index contributed by atoms with van der Waals surface area (Å²) in [4.78, 5) is 11.7. The van der Waals surface area contributed by atoms with E-state index in [1.165, 1.54) is 17.1 Å². The number of aryl methyl sites for hydroxylation is 1. The van der Waals surface area contributed by atoms with E-state index in [1.807, 2.05) is 13.0 Å². The lowest BCUT2D eigenvalue weighted by Gasteiger charge is -2.03. The van der Waals surface area contributed by atoms with Gasteiger partial charge in [-0.1, -0.05) is 0 Å². The minimum absolute atomic E-state index is 0.432. The van der Waals surface area contributed by atoms with Gasteiger partial charge in [-0.2, -0.15) is 0 Å². The van der Waals surface area contributed by atoms with E-state index in [2.05, 4.69) is 15.5 Å². The van der Waals surface area contributed by atoms with E-state index >= 15 is 0 Å². The molecule has 0 N–H and O–H groups in total. The number of tetrazole rings is 1. The van der Waals surface area contributed by atoms with E-state index in [0.29, 0.717) is 11.5 Å². The maximum atomic E-state index is 11.7. The summed E-state index contributed by atoms with van der Waals surface area (Å²) in [5.74, 6) is 1.33. The second-order valence-corrected chi connectivity index (χ2v) is 4.45. The van der Waals surface area contributed by atoms with Crippen LogP contribution in [0.3, 0.4) is 0 Å². The van der Waals surface area contributed by atoms with E-state index in [-0.39, 0.29) is 0 Å². The molecule has 2 heterocycles. The van der Waals surface area contributed by atoms with Crippen molar-refractivity contribution < 1.29 is 13.9 Å². The molecule has 0 atom stereocenters. The first-order valence-corrected chi connectivity index (χ1v) is 6.50. The topological polar surface area (TPSA) is 83.0 Å². The van der Waals surface area contributed by atoms with E-state index in [4.69, 9.17) is 9.15 Å². The van der Waals surface area contributed by atoms with Gasteiger partial charge in [0.05, 0.1) is 5.69 Å². The summed E-state index contributed by atoms with van der Waals surface area (Å²) in [6, 6.07) is 10.4. The number of esters is 1. The highest BCUT2D eigenvalue weighted by atomic mass is 16.5. The molecular weight excluding hydrogens is 284 g/mol. The second kappa shape index (κ2) is 6.04. The van der Waals surface area contributed by atoms with Crippen molar-refractivity contribution in [3.63, 3.8) is 0 Å². The van der Waals surface area contributed by atoms with Crippen molar-refractivity contribution in [2.45, 2.75) is 6.92 Å². The molecule has 3 rings (SSSR count). The average Bonchev–Trinajstić information content (AvgIpc) is 3.17. The summed E-state index contributed by atoms with van der Waals surface area (Å²) >= 11 is 0. The Morgan fingerprint density at radius 3 is 2.68 bits per heavy atom. The summed E-state index contributed by atoms with van der Waals surface area (Å²) in [5.41, 5.74) is 0.770. The molecule has 7 heteroatoms. The first-order chi connectivity index (χ1) is 10.7. The van der Waals surface area contributed by atoms with Crippen LogP contribution < -0.4 is 4.74 Å². The number of benzene rings is 1. The van der Waals surface area contributed by atoms with Crippen molar-refractivity contribution in [1.29, 1.82) is 0 Å². The molecule has 0 aliphatic rings. The molecule has 2 aromatic heterocycles. The van der Waals surface area contributed by atoms with Crippen molar-refractivity contribution in [1.82, 2.24) is 20.2 Å². The van der Waals surface area contributed by atoms with E-state index in [1.54, 1.807) is 36.4 Å². The monoisotopic (exact) mass is 296 g/mol. The van der Waals surface area contributed by atoms with E-state index < -0.39 is 5.97 Å². The Labute approximate surface area is 125 Å². The zero-order valence-electron chi connectivity index (χ0n) is 11.7. The number of rotatable bonds is 4. The fourth-order valence-corrected chi connectivity index (χ4v) is 1.79. The van der Waals surface area contributed by atoms with Crippen LogP contribution in [0.1, 0.15) is 11.5 Å². The molecule has 0 fully saturated rings. The average molecular weight is 296 g/mol. The van der Waals surface area contributed by atoms with E-state index in [9.17, 15) is 4.79 Å². The highest BCUT2D eigenvalue weighted by Crippen LogP contribution is 2.15. The van der Waals surface area contributed by atoms with Crippen molar-refractivity contribution >= 4 is 12.0 Å². The Hall–Kier alpha value is -3.22. The highest BCUT2D eigenvalue weighted by molar-refractivity contribution is 5.88. The summed E-state index contributed by atoms with van der Waals surface area (Å²) in [6.07, 6.45) is 4.35. The van der Waals surface area contributed by atoms with Gasteiger partial charge in [-0.15, -0.1) is 5.10 Å². The Morgan fingerprint density at radius 2 is 2.05 bits per heavy atom. The van der Waals surface area contributed by atoms with Crippen LogP contribution in [-0.4, -0.2) is 26.2 Å². The number of furan rings is 1. The van der Waals surface area contributed by atoms with Crippen LogP contribution in [0.5, 0.6) is 5.75 Å². The van der Waals surface area contributed by atoms with Gasteiger partial charge >= 0.3 is 5.97 Å². The first kappa shape index (κ1) is 13.7. The van der Waals surface area contributed by atoms with Crippen LogP contribution in [0.4, 0.5) is 0 Å². The number of hydrogen-bond donors (Lipinski definition) is 0. The molecule has 3 aromatic rings. The van der Waals surface area contributed by atoms with E-state index in [0.717, 1.165) is 11.4 Å². The number of aromatic nitrogens is 4. The van der Waals surface area contributed by atoms with Gasteiger partial charge in [0.2, 0.25) is 0 Å². The number of nitrogens with zero attached hydrogens (tertiary/aromatic N) is 4. The van der Waals surface area contributed by atoms with Crippen LogP contribution in [0, 0.1) is 6.92 Å². The lowest BCUT2D eigenvalue weighted by Crippen LogP contribution is -2.03. The summed E-state index contributed by atoms with van der Waals surface area (Å²) < 4.78 is 12.0. The molecule has 0 saturated heterocycles. The first-order valence-electron chi connectivity index (χ1n) is 6.50. The molecule has 0 saturated carbocycles. The fourth-order valence-electron chi connectivity index (χ4n) is 1.79. The summed E-state index contributed by atoms with van der Waals surface area (Å²) in [6.45, 7) is 1.84. The van der Waals surface area contributed by atoms with Gasteiger partial charge in [-0.3, -0.25) is 0 Å². The maximum absolute atomic E-state index is 11.7. The van der Waals surface area contributed by atoms with Gasteiger partial charge < -0.3 is 9.15 Å². The van der Waals surface area contributed by atoms with Gasteiger partial charge in [0, 0.05) is 6.08 Å². The van der Waals surface area contributed by atoms with Gasteiger partial charge in [0.25, 0.3) is 0 Å². The molecule has 0 bridgehead atoms. The largest absolute Gasteiger partial charge is 0.462 e. The molecule has 7 nitrogen and oxygen atoms in total. The molecule has 0 spiro atoms. The molecule has 0 aliphatic heterocycles. The molecule has 0 amide bonds. The van der Waals surface area contributed by atoms with Crippen LogP contribution >= 0.6 is 0 Å². The zero-order chi connectivity index (χ0) is 15.4. The SMILES string of the molecule is Cc1ccc(/C=C/C(=O)Oc2ccc(-n3cnnn3)cc2)o1. The minimum atomic E-state index is -0.482. The molecular formula is C15H12N4O3. The molecule has 22 heavy (non-hydrogen) atoms. The quantitative estimate of drug-likeness (QED) is 0.417. The Balaban J connectivity index is 1.63. The lowest BCUT2D eigenvalue weighted by molar-refractivity contribution is -0.128. The van der Waals surface area contributed by atoms with Gasteiger partial charge in [-0.25, -0.2) is 9.48 Å². The number of carbonyl (C=O) groups excluding carboxylic acids is 1. The lowest BCUT2D eigenvalue weighted by atomic mass is 10.3. The third kappa shape index (κ3) is 3.26. The molecule has 110 valence electrons. The second-order valence-electron chi connectivity index (χ2n) is 4.45. The Bertz CT molecular complexity index is 789. The van der Waals surface area contributed by atoms with Gasteiger partial charge in [0.15, 0.2) is 0 Å². The predicted octanol–water partition coefficient (Wildman–Crippen LogP) is 2.18. The van der Waals surface area contributed by atoms with Crippen LogP contribution in [0.2, 0.25) is 0 Å². The van der Waals surface area contributed by atoms with Gasteiger partial charge in [-0.05, 0) is 59.8 Å². The third-order valence-electron chi connectivity index (χ3n) is 2.81. The predicted molar refractivity (Wildman–Crippen MR) is 77.3 cm³/mol. The number of carbonyl (C=O) groups is 1.